The van der Waals surface area contributed by atoms with E-state index in [1.807, 2.05) is 26.0 Å². The number of hydrogen-bond donors (Lipinski definition) is 1. The lowest BCUT2D eigenvalue weighted by molar-refractivity contribution is 0.102. The molecule has 8 heteroatoms. The van der Waals surface area contributed by atoms with Gasteiger partial charge in [0.25, 0.3) is 5.91 Å². The summed E-state index contributed by atoms with van der Waals surface area (Å²) in [5.74, 6) is -0.260. The van der Waals surface area contributed by atoms with Crippen LogP contribution in [0.2, 0.25) is 5.02 Å². The van der Waals surface area contributed by atoms with Crippen molar-refractivity contribution in [3.8, 4) is 5.69 Å². The zero-order valence-electron chi connectivity index (χ0n) is 18.1. The molecule has 1 N–H and O–H groups in total. The third-order valence-electron chi connectivity index (χ3n) is 5.83. The molecular formula is C24H26ClN3O3S. The van der Waals surface area contributed by atoms with E-state index in [4.69, 9.17) is 11.6 Å². The Hall–Kier alpha value is -2.64. The van der Waals surface area contributed by atoms with Gasteiger partial charge in [0.2, 0.25) is 0 Å². The number of halogens is 1. The molecule has 0 bridgehead atoms. The smallest absolute Gasteiger partial charge is 0.259 e. The zero-order valence-corrected chi connectivity index (χ0v) is 19.7. The maximum atomic E-state index is 13.0. The molecule has 1 heterocycles. The fourth-order valence-electron chi connectivity index (χ4n) is 4.22. The first-order valence-electron chi connectivity index (χ1n) is 10.8. The monoisotopic (exact) mass is 471 g/mol. The van der Waals surface area contributed by atoms with Crippen molar-refractivity contribution >= 4 is 33.0 Å². The highest BCUT2D eigenvalue weighted by molar-refractivity contribution is 7.92. The van der Waals surface area contributed by atoms with E-state index in [0.717, 1.165) is 37.1 Å². The van der Waals surface area contributed by atoms with E-state index in [0.29, 0.717) is 21.2 Å². The van der Waals surface area contributed by atoms with Gasteiger partial charge in [-0.2, -0.15) is 5.10 Å². The Morgan fingerprint density at radius 1 is 1.12 bits per heavy atom. The highest BCUT2D eigenvalue weighted by Gasteiger charge is 2.30. The maximum Gasteiger partial charge on any atom is 0.259 e. The summed E-state index contributed by atoms with van der Waals surface area (Å²) in [6.07, 6.45) is 4.90. The van der Waals surface area contributed by atoms with Gasteiger partial charge < -0.3 is 5.32 Å². The number of benzene rings is 2. The Bertz CT molecular complexity index is 1230. The van der Waals surface area contributed by atoms with Crippen LogP contribution in [0.5, 0.6) is 0 Å². The molecule has 1 amide bonds. The first-order chi connectivity index (χ1) is 15.3. The number of aromatic nitrogens is 2. The van der Waals surface area contributed by atoms with Crippen LogP contribution in [0.3, 0.4) is 0 Å². The van der Waals surface area contributed by atoms with Crippen LogP contribution in [-0.2, 0) is 9.84 Å². The normalized spacial score (nSPS) is 14.8. The fourth-order valence-corrected chi connectivity index (χ4v) is 6.26. The molecule has 0 saturated heterocycles. The number of carbonyl (C=O) groups excluding carboxylic acids is 1. The molecule has 32 heavy (non-hydrogen) atoms. The highest BCUT2D eigenvalue weighted by Crippen LogP contribution is 2.30. The van der Waals surface area contributed by atoms with Gasteiger partial charge in [-0.1, -0.05) is 44.4 Å². The number of nitrogens with one attached hydrogen (secondary N) is 1. The summed E-state index contributed by atoms with van der Waals surface area (Å²) in [4.78, 5) is 13.3. The number of nitrogens with zero attached hydrogens (tertiary/aromatic N) is 2. The number of amides is 1. The Kier molecular flexibility index (Phi) is 6.40. The van der Waals surface area contributed by atoms with Crippen LogP contribution in [0.4, 0.5) is 5.69 Å². The van der Waals surface area contributed by atoms with Crippen molar-refractivity contribution in [1.29, 1.82) is 0 Å². The molecule has 1 aliphatic rings. The molecular weight excluding hydrogens is 446 g/mol. The van der Waals surface area contributed by atoms with Crippen LogP contribution in [-0.4, -0.2) is 29.4 Å². The van der Waals surface area contributed by atoms with Crippen LogP contribution in [0.15, 0.2) is 59.6 Å². The summed E-state index contributed by atoms with van der Waals surface area (Å²) in [6.45, 7) is 4.00. The molecule has 1 aromatic heterocycles. The van der Waals surface area contributed by atoms with Gasteiger partial charge >= 0.3 is 0 Å². The summed E-state index contributed by atoms with van der Waals surface area (Å²) < 4.78 is 27.3. The first kappa shape index (κ1) is 22.6. The summed E-state index contributed by atoms with van der Waals surface area (Å²) in [6, 6.07) is 13.7. The largest absolute Gasteiger partial charge is 0.322 e. The summed E-state index contributed by atoms with van der Waals surface area (Å²) >= 11 is 6.13. The Labute approximate surface area is 193 Å². The molecule has 1 aliphatic carbocycles. The molecule has 4 rings (SSSR count). The molecule has 2 aromatic carbocycles. The lowest BCUT2D eigenvalue weighted by atomic mass is 10.0. The second-order valence-corrected chi connectivity index (χ2v) is 11.1. The lowest BCUT2D eigenvalue weighted by Gasteiger charge is -2.14. The van der Waals surface area contributed by atoms with E-state index in [2.05, 4.69) is 10.4 Å². The maximum absolute atomic E-state index is 13.0. The van der Waals surface area contributed by atoms with E-state index in [1.165, 1.54) is 0 Å². The number of anilines is 1. The van der Waals surface area contributed by atoms with E-state index < -0.39 is 9.84 Å². The second kappa shape index (κ2) is 9.08. The Balaban J connectivity index is 1.57. The van der Waals surface area contributed by atoms with Crippen LogP contribution in [0.1, 0.15) is 61.5 Å². The summed E-state index contributed by atoms with van der Waals surface area (Å²) in [7, 11) is -3.32. The lowest BCUT2D eigenvalue weighted by Crippen LogP contribution is -2.18. The van der Waals surface area contributed by atoms with Gasteiger partial charge in [0.15, 0.2) is 9.84 Å². The molecule has 0 spiro atoms. The third kappa shape index (κ3) is 4.45. The quantitative estimate of drug-likeness (QED) is 0.506. The minimum atomic E-state index is -3.32. The Morgan fingerprint density at radius 2 is 1.81 bits per heavy atom. The SMILES string of the molecule is CC(C)c1c(C(=O)Nc2ccc(S(=O)(=O)C3CCCC3)cc2)cnn1-c1cccc(Cl)c1. The molecule has 3 aromatic rings. The molecule has 0 unspecified atom stereocenters. The molecule has 168 valence electrons. The zero-order chi connectivity index (χ0) is 22.9. The van der Waals surface area contributed by atoms with Crippen molar-refractivity contribution in [1.82, 2.24) is 9.78 Å². The van der Waals surface area contributed by atoms with Gasteiger partial charge in [0.1, 0.15) is 0 Å². The van der Waals surface area contributed by atoms with Gasteiger partial charge in [-0.25, -0.2) is 13.1 Å². The molecule has 0 atom stereocenters. The number of carbonyl (C=O) groups is 1. The minimum Gasteiger partial charge on any atom is -0.322 e. The molecule has 0 radical (unpaired) electrons. The Morgan fingerprint density at radius 3 is 2.44 bits per heavy atom. The van der Waals surface area contributed by atoms with E-state index in [9.17, 15) is 13.2 Å². The van der Waals surface area contributed by atoms with Crippen molar-refractivity contribution in [2.75, 3.05) is 5.32 Å². The van der Waals surface area contributed by atoms with Gasteiger partial charge in [-0.05, 0) is 61.2 Å². The van der Waals surface area contributed by atoms with Crippen molar-refractivity contribution in [3.63, 3.8) is 0 Å². The predicted octanol–water partition coefficient (Wildman–Crippen LogP) is 5.62. The predicted molar refractivity (Wildman–Crippen MR) is 127 cm³/mol. The third-order valence-corrected chi connectivity index (χ3v) is 8.35. The first-order valence-corrected chi connectivity index (χ1v) is 12.7. The number of hydrogen-bond acceptors (Lipinski definition) is 4. The van der Waals surface area contributed by atoms with Crippen LogP contribution >= 0.6 is 11.6 Å². The van der Waals surface area contributed by atoms with Crippen molar-refractivity contribution in [2.24, 2.45) is 0 Å². The van der Waals surface area contributed by atoms with E-state index >= 15 is 0 Å². The highest BCUT2D eigenvalue weighted by atomic mass is 35.5. The van der Waals surface area contributed by atoms with Gasteiger partial charge in [0, 0.05) is 10.7 Å². The van der Waals surface area contributed by atoms with Crippen LogP contribution < -0.4 is 5.32 Å². The van der Waals surface area contributed by atoms with Crippen LogP contribution in [0.25, 0.3) is 5.69 Å². The van der Waals surface area contributed by atoms with Crippen LogP contribution in [0, 0.1) is 0 Å². The molecule has 6 nitrogen and oxygen atoms in total. The van der Waals surface area contributed by atoms with Crippen molar-refractivity contribution in [3.05, 3.63) is 71.0 Å². The number of rotatable bonds is 6. The summed E-state index contributed by atoms with van der Waals surface area (Å²) in [5, 5.41) is 7.58. The van der Waals surface area contributed by atoms with Gasteiger partial charge in [0.05, 0.1) is 33.3 Å². The fraction of sp³-hybridized carbons (Fsp3) is 0.333. The van der Waals surface area contributed by atoms with Crippen molar-refractivity contribution in [2.45, 2.75) is 55.6 Å². The molecule has 0 aliphatic heterocycles. The topological polar surface area (TPSA) is 81.1 Å². The van der Waals surface area contributed by atoms with E-state index in [1.54, 1.807) is 47.3 Å². The van der Waals surface area contributed by atoms with E-state index in [-0.39, 0.29) is 17.1 Å². The van der Waals surface area contributed by atoms with Gasteiger partial charge in [-0.15, -0.1) is 0 Å². The van der Waals surface area contributed by atoms with Crippen molar-refractivity contribution < 1.29 is 13.2 Å². The average Bonchev–Trinajstić information content (AvgIpc) is 3.45. The second-order valence-electron chi connectivity index (χ2n) is 8.42. The molecule has 1 fully saturated rings. The average molecular weight is 472 g/mol. The summed E-state index contributed by atoms with van der Waals surface area (Å²) in [5.41, 5.74) is 2.54. The standard InChI is InChI=1S/C24H26ClN3O3S/c1-16(2)23-22(15-26-28(23)19-7-5-6-17(25)14-19)24(29)27-18-10-12-21(13-11-18)32(30,31)20-8-3-4-9-20/h5-7,10-16,20H,3-4,8-9H2,1-2H3,(H,27,29). The minimum absolute atomic E-state index is 0.0381. The van der Waals surface area contributed by atoms with Gasteiger partial charge in [-0.3, -0.25) is 4.79 Å². The molecule has 1 saturated carbocycles. The number of sulfone groups is 1.